The smallest absolute Gasteiger partial charge is 0.255 e. The molecule has 0 saturated carbocycles. The Hall–Kier alpha value is -3.15. The number of nitrogens with one attached hydrogen (secondary N) is 1. The summed E-state index contributed by atoms with van der Waals surface area (Å²) >= 11 is 12.1. The quantitative estimate of drug-likeness (QED) is 0.451. The second kappa shape index (κ2) is 7.84. The second-order valence-electron chi connectivity index (χ2n) is 5.93. The van der Waals surface area contributed by atoms with Gasteiger partial charge in [-0.3, -0.25) is 4.79 Å². The third-order valence-corrected chi connectivity index (χ3v) is 4.56. The van der Waals surface area contributed by atoms with Crippen molar-refractivity contribution in [1.29, 1.82) is 0 Å². The average Bonchev–Trinajstić information content (AvgIpc) is 3.19. The number of aromatic nitrogens is 2. The van der Waals surface area contributed by atoms with E-state index in [2.05, 4.69) is 15.5 Å². The normalized spacial score (nSPS) is 10.6. The number of carbonyl (C=O) groups excluding carboxylic acids is 1. The van der Waals surface area contributed by atoms with Crippen molar-refractivity contribution >= 4 is 34.8 Å². The summed E-state index contributed by atoms with van der Waals surface area (Å²) in [5.74, 6) is 0.478. The number of nitrogens with zero attached hydrogens (tertiary/aromatic N) is 2. The van der Waals surface area contributed by atoms with E-state index in [9.17, 15) is 4.79 Å². The van der Waals surface area contributed by atoms with Crippen molar-refractivity contribution in [3.8, 4) is 22.9 Å². The molecular weight excluding hydrogens is 397 g/mol. The van der Waals surface area contributed by atoms with E-state index in [1.54, 1.807) is 54.6 Å². The monoisotopic (exact) mass is 409 g/mol. The fraction of sp³-hybridized carbons (Fsp3) is 0. The lowest BCUT2D eigenvalue weighted by molar-refractivity contribution is 0.102. The van der Waals surface area contributed by atoms with Crippen molar-refractivity contribution in [1.82, 2.24) is 10.2 Å². The molecule has 3 aromatic carbocycles. The van der Waals surface area contributed by atoms with Gasteiger partial charge in [0.2, 0.25) is 11.8 Å². The molecule has 0 bridgehead atoms. The summed E-state index contributed by atoms with van der Waals surface area (Å²) in [7, 11) is 0. The first-order valence-electron chi connectivity index (χ1n) is 8.36. The molecule has 0 aliphatic heterocycles. The Morgan fingerprint density at radius 1 is 0.857 bits per heavy atom. The molecule has 5 nitrogen and oxygen atoms in total. The van der Waals surface area contributed by atoms with Gasteiger partial charge in [-0.05, 0) is 54.6 Å². The molecule has 1 heterocycles. The van der Waals surface area contributed by atoms with Crippen LogP contribution in [0.5, 0.6) is 0 Å². The number of carbonyl (C=O) groups is 1. The first-order chi connectivity index (χ1) is 13.6. The van der Waals surface area contributed by atoms with E-state index in [0.29, 0.717) is 38.6 Å². The van der Waals surface area contributed by atoms with Gasteiger partial charge < -0.3 is 9.73 Å². The van der Waals surface area contributed by atoms with Crippen molar-refractivity contribution in [2.45, 2.75) is 0 Å². The molecule has 0 fully saturated rings. The maximum absolute atomic E-state index is 12.2. The van der Waals surface area contributed by atoms with Crippen LogP contribution in [0.25, 0.3) is 22.9 Å². The highest BCUT2D eigenvalue weighted by atomic mass is 35.5. The molecule has 7 heteroatoms. The Morgan fingerprint density at radius 3 is 2.29 bits per heavy atom. The molecule has 0 aliphatic rings. The zero-order valence-electron chi connectivity index (χ0n) is 14.4. The van der Waals surface area contributed by atoms with Gasteiger partial charge in [-0.1, -0.05) is 41.4 Å². The maximum atomic E-state index is 12.2. The van der Waals surface area contributed by atoms with Gasteiger partial charge in [-0.15, -0.1) is 10.2 Å². The lowest BCUT2D eigenvalue weighted by atomic mass is 10.2. The zero-order chi connectivity index (χ0) is 19.5. The number of amides is 1. The Kier molecular flexibility index (Phi) is 5.10. The molecule has 28 heavy (non-hydrogen) atoms. The summed E-state index contributed by atoms with van der Waals surface area (Å²) in [5.41, 5.74) is 2.59. The van der Waals surface area contributed by atoms with Crippen LogP contribution in [0.1, 0.15) is 10.4 Å². The van der Waals surface area contributed by atoms with Crippen LogP contribution in [0, 0.1) is 0 Å². The fourth-order valence-electron chi connectivity index (χ4n) is 2.60. The topological polar surface area (TPSA) is 68.0 Å². The van der Waals surface area contributed by atoms with Crippen LogP contribution in [0.15, 0.2) is 77.2 Å². The zero-order valence-corrected chi connectivity index (χ0v) is 15.9. The maximum Gasteiger partial charge on any atom is 0.255 e. The molecule has 1 amide bonds. The largest absolute Gasteiger partial charge is 0.416 e. The number of anilines is 1. The lowest BCUT2D eigenvalue weighted by Crippen LogP contribution is -2.11. The van der Waals surface area contributed by atoms with E-state index in [4.69, 9.17) is 27.6 Å². The third kappa shape index (κ3) is 3.91. The molecule has 0 aliphatic carbocycles. The van der Waals surface area contributed by atoms with Gasteiger partial charge in [-0.25, -0.2) is 0 Å². The lowest BCUT2D eigenvalue weighted by Gasteiger charge is -2.05. The first kappa shape index (κ1) is 18.2. The number of benzene rings is 3. The van der Waals surface area contributed by atoms with Gasteiger partial charge in [0.15, 0.2) is 0 Å². The van der Waals surface area contributed by atoms with Gasteiger partial charge in [0.1, 0.15) is 0 Å². The van der Waals surface area contributed by atoms with Gasteiger partial charge in [0, 0.05) is 21.8 Å². The summed E-state index contributed by atoms with van der Waals surface area (Å²) in [6.07, 6.45) is 0. The van der Waals surface area contributed by atoms with Crippen molar-refractivity contribution in [2.24, 2.45) is 0 Å². The summed E-state index contributed by atoms with van der Waals surface area (Å²) in [6, 6.07) is 21.2. The molecule has 0 unspecified atom stereocenters. The molecule has 4 aromatic rings. The summed E-state index contributed by atoms with van der Waals surface area (Å²) < 4.78 is 5.73. The number of rotatable bonds is 4. The van der Waals surface area contributed by atoms with Crippen LogP contribution >= 0.6 is 23.2 Å². The van der Waals surface area contributed by atoms with E-state index in [0.717, 1.165) is 5.56 Å². The van der Waals surface area contributed by atoms with E-state index in [1.807, 2.05) is 18.2 Å². The minimum atomic E-state index is -0.175. The standard InChI is InChI=1S/C21H13Cl2N3O2/c22-15-8-11-17(18(23)12-15)21-26-25-20(28-21)14-6-9-16(10-7-14)24-19(27)13-4-2-1-3-5-13/h1-12H,(H,24,27). The minimum absolute atomic E-state index is 0.175. The third-order valence-electron chi connectivity index (χ3n) is 4.01. The molecule has 0 radical (unpaired) electrons. The van der Waals surface area contributed by atoms with E-state index >= 15 is 0 Å². The highest BCUT2D eigenvalue weighted by Crippen LogP contribution is 2.31. The number of halogens is 2. The number of hydrogen-bond donors (Lipinski definition) is 1. The molecule has 138 valence electrons. The molecule has 0 spiro atoms. The SMILES string of the molecule is O=C(Nc1ccc(-c2nnc(-c3ccc(Cl)cc3Cl)o2)cc1)c1ccccc1. The fourth-order valence-corrected chi connectivity index (χ4v) is 3.09. The summed E-state index contributed by atoms with van der Waals surface area (Å²) in [5, 5.41) is 11.9. The molecule has 0 atom stereocenters. The Labute approximate surface area is 170 Å². The van der Waals surface area contributed by atoms with E-state index in [-0.39, 0.29) is 5.91 Å². The van der Waals surface area contributed by atoms with Crippen molar-refractivity contribution in [3.63, 3.8) is 0 Å². The van der Waals surface area contributed by atoms with E-state index < -0.39 is 0 Å². The van der Waals surface area contributed by atoms with Crippen molar-refractivity contribution < 1.29 is 9.21 Å². The van der Waals surface area contributed by atoms with Gasteiger partial charge in [0.25, 0.3) is 5.91 Å². The molecule has 1 aromatic heterocycles. The van der Waals surface area contributed by atoms with Crippen LogP contribution in [-0.2, 0) is 0 Å². The Balaban J connectivity index is 1.52. The molecule has 4 rings (SSSR count). The Morgan fingerprint density at radius 2 is 1.57 bits per heavy atom. The molecule has 1 N–H and O–H groups in total. The van der Waals surface area contributed by atoms with Gasteiger partial charge in [-0.2, -0.15) is 0 Å². The summed E-state index contributed by atoms with van der Waals surface area (Å²) in [6.45, 7) is 0. The van der Waals surface area contributed by atoms with Crippen LogP contribution < -0.4 is 5.32 Å². The van der Waals surface area contributed by atoms with Gasteiger partial charge >= 0.3 is 0 Å². The van der Waals surface area contributed by atoms with E-state index in [1.165, 1.54) is 0 Å². The second-order valence-corrected chi connectivity index (χ2v) is 6.78. The van der Waals surface area contributed by atoms with Crippen LogP contribution in [0.4, 0.5) is 5.69 Å². The van der Waals surface area contributed by atoms with Crippen molar-refractivity contribution in [3.05, 3.63) is 88.4 Å². The Bertz CT molecular complexity index is 1130. The summed E-state index contributed by atoms with van der Waals surface area (Å²) in [4.78, 5) is 12.2. The average molecular weight is 410 g/mol. The first-order valence-corrected chi connectivity index (χ1v) is 9.11. The number of hydrogen-bond acceptors (Lipinski definition) is 4. The van der Waals surface area contributed by atoms with Crippen LogP contribution in [0.2, 0.25) is 10.0 Å². The van der Waals surface area contributed by atoms with Crippen LogP contribution in [-0.4, -0.2) is 16.1 Å². The highest BCUT2D eigenvalue weighted by Gasteiger charge is 2.14. The predicted octanol–water partition coefficient (Wildman–Crippen LogP) is 5.96. The highest BCUT2D eigenvalue weighted by molar-refractivity contribution is 6.36. The van der Waals surface area contributed by atoms with Crippen LogP contribution in [0.3, 0.4) is 0 Å². The molecular formula is C21H13Cl2N3O2. The predicted molar refractivity (Wildman–Crippen MR) is 110 cm³/mol. The van der Waals surface area contributed by atoms with Gasteiger partial charge in [0.05, 0.1) is 10.6 Å². The molecule has 0 saturated heterocycles. The van der Waals surface area contributed by atoms with Crippen molar-refractivity contribution in [2.75, 3.05) is 5.32 Å². The minimum Gasteiger partial charge on any atom is -0.416 e.